The zero-order valence-corrected chi connectivity index (χ0v) is 14.3. The summed E-state index contributed by atoms with van der Waals surface area (Å²) in [5, 5.41) is 3.48. The highest BCUT2D eigenvalue weighted by molar-refractivity contribution is 5.80. The van der Waals surface area contributed by atoms with E-state index in [2.05, 4.69) is 24.1 Å². The second kappa shape index (κ2) is 8.71. The van der Waals surface area contributed by atoms with E-state index >= 15 is 0 Å². The van der Waals surface area contributed by atoms with Crippen LogP contribution in [0, 0.1) is 5.92 Å². The van der Waals surface area contributed by atoms with E-state index in [4.69, 9.17) is 9.47 Å². The zero-order valence-electron chi connectivity index (χ0n) is 14.3. The Morgan fingerprint density at radius 1 is 1.43 bits per heavy atom. The molecule has 1 N–H and O–H groups in total. The number of rotatable bonds is 11. The van der Waals surface area contributed by atoms with Gasteiger partial charge in [0.25, 0.3) is 0 Å². The van der Waals surface area contributed by atoms with E-state index in [0.29, 0.717) is 31.7 Å². The van der Waals surface area contributed by atoms with Crippen LogP contribution < -0.4 is 5.32 Å². The van der Waals surface area contributed by atoms with Gasteiger partial charge in [0.1, 0.15) is 5.54 Å². The Balaban J connectivity index is 2.71. The minimum Gasteiger partial charge on any atom is -0.465 e. The van der Waals surface area contributed by atoms with Gasteiger partial charge in [-0.25, -0.2) is 0 Å². The van der Waals surface area contributed by atoms with Crippen molar-refractivity contribution in [3.05, 3.63) is 0 Å². The first-order valence-corrected chi connectivity index (χ1v) is 8.07. The third-order valence-electron chi connectivity index (χ3n) is 3.60. The topological polar surface area (TPSA) is 50.8 Å². The second-order valence-corrected chi connectivity index (χ2v) is 6.59. The minimum absolute atomic E-state index is 0.150. The van der Waals surface area contributed by atoms with Crippen molar-refractivity contribution >= 4 is 5.97 Å². The molecule has 1 fully saturated rings. The maximum atomic E-state index is 12.4. The molecule has 5 nitrogen and oxygen atoms in total. The van der Waals surface area contributed by atoms with Crippen molar-refractivity contribution < 1.29 is 14.3 Å². The molecule has 1 unspecified atom stereocenters. The summed E-state index contributed by atoms with van der Waals surface area (Å²) in [5.74, 6) is 0.400. The fraction of sp³-hybridized carbons (Fsp3) is 0.938. The Kier molecular flexibility index (Phi) is 7.63. The van der Waals surface area contributed by atoms with E-state index in [9.17, 15) is 4.79 Å². The van der Waals surface area contributed by atoms with Crippen molar-refractivity contribution in [1.82, 2.24) is 10.2 Å². The predicted molar refractivity (Wildman–Crippen MR) is 84.3 cm³/mol. The molecular weight excluding hydrogens is 268 g/mol. The molecule has 1 saturated carbocycles. The van der Waals surface area contributed by atoms with E-state index in [1.165, 1.54) is 0 Å². The van der Waals surface area contributed by atoms with E-state index in [-0.39, 0.29) is 5.97 Å². The van der Waals surface area contributed by atoms with Gasteiger partial charge >= 0.3 is 5.97 Å². The Bertz CT molecular complexity index is 319. The van der Waals surface area contributed by atoms with Gasteiger partial charge in [-0.3, -0.25) is 15.0 Å². The quantitative estimate of drug-likeness (QED) is 0.588. The third-order valence-corrected chi connectivity index (χ3v) is 3.60. The fourth-order valence-electron chi connectivity index (χ4n) is 2.56. The van der Waals surface area contributed by atoms with Gasteiger partial charge in [-0.15, -0.1) is 0 Å². The highest BCUT2D eigenvalue weighted by atomic mass is 16.5. The van der Waals surface area contributed by atoms with Crippen LogP contribution in [0.2, 0.25) is 0 Å². The first-order valence-electron chi connectivity index (χ1n) is 8.07. The molecule has 5 heteroatoms. The van der Waals surface area contributed by atoms with Gasteiger partial charge < -0.3 is 9.47 Å². The van der Waals surface area contributed by atoms with E-state index in [0.717, 1.165) is 25.9 Å². The predicted octanol–water partition coefficient (Wildman–Crippen LogP) is 1.66. The maximum Gasteiger partial charge on any atom is 0.327 e. The molecule has 124 valence electrons. The van der Waals surface area contributed by atoms with Gasteiger partial charge in [-0.2, -0.15) is 0 Å². The standard InChI is InChI=1S/C16H32N2O3/c1-6-21-15(19)16(4,17-14-7-8-14)12-18(9-10-20-5)11-13(2)3/h13-14,17H,6-12H2,1-5H3. The van der Waals surface area contributed by atoms with Crippen molar-refractivity contribution in [2.45, 2.75) is 52.1 Å². The van der Waals surface area contributed by atoms with Gasteiger partial charge in [0.05, 0.1) is 13.2 Å². The normalized spacial score (nSPS) is 18.0. The molecule has 0 saturated heterocycles. The van der Waals surface area contributed by atoms with Crippen LogP contribution in [0.1, 0.15) is 40.5 Å². The number of carbonyl (C=O) groups is 1. The molecule has 0 aliphatic heterocycles. The molecule has 0 aromatic heterocycles. The van der Waals surface area contributed by atoms with E-state index < -0.39 is 5.54 Å². The molecular formula is C16H32N2O3. The number of hydrogen-bond acceptors (Lipinski definition) is 5. The van der Waals surface area contributed by atoms with Crippen LogP contribution in [-0.2, 0) is 14.3 Å². The van der Waals surface area contributed by atoms with Crippen LogP contribution in [0.25, 0.3) is 0 Å². The fourth-order valence-corrected chi connectivity index (χ4v) is 2.56. The third kappa shape index (κ3) is 6.76. The number of ether oxygens (including phenoxy) is 2. The van der Waals surface area contributed by atoms with E-state index in [1.807, 2.05) is 13.8 Å². The molecule has 0 amide bonds. The van der Waals surface area contributed by atoms with Crippen LogP contribution in [0.5, 0.6) is 0 Å². The molecule has 0 bridgehead atoms. The van der Waals surface area contributed by atoms with Crippen molar-refractivity contribution in [3.63, 3.8) is 0 Å². The number of nitrogens with one attached hydrogen (secondary N) is 1. The monoisotopic (exact) mass is 300 g/mol. The van der Waals surface area contributed by atoms with E-state index in [1.54, 1.807) is 7.11 Å². The molecule has 1 aliphatic rings. The summed E-state index contributed by atoms with van der Waals surface area (Å²) in [5.41, 5.74) is -0.639. The molecule has 0 radical (unpaired) electrons. The summed E-state index contributed by atoms with van der Waals surface area (Å²) >= 11 is 0. The SMILES string of the molecule is CCOC(=O)C(C)(CN(CCOC)CC(C)C)NC1CC1. The maximum absolute atomic E-state index is 12.4. The Morgan fingerprint density at radius 2 is 2.10 bits per heavy atom. The van der Waals surface area contributed by atoms with Gasteiger partial charge in [-0.05, 0) is 32.6 Å². The van der Waals surface area contributed by atoms with Crippen LogP contribution >= 0.6 is 0 Å². The average molecular weight is 300 g/mol. The molecule has 1 atom stereocenters. The number of esters is 1. The highest BCUT2D eigenvalue weighted by Crippen LogP contribution is 2.24. The second-order valence-electron chi connectivity index (χ2n) is 6.59. The van der Waals surface area contributed by atoms with Crippen LogP contribution in [0.15, 0.2) is 0 Å². The summed E-state index contributed by atoms with van der Waals surface area (Å²) in [6.45, 7) is 11.7. The average Bonchev–Trinajstić information content (AvgIpc) is 3.19. The number of methoxy groups -OCH3 is 1. The summed E-state index contributed by atoms with van der Waals surface area (Å²) in [7, 11) is 1.71. The summed E-state index contributed by atoms with van der Waals surface area (Å²) in [6, 6.07) is 0.461. The number of carbonyl (C=O) groups excluding carboxylic acids is 1. The molecule has 21 heavy (non-hydrogen) atoms. The van der Waals surface area contributed by atoms with Gasteiger partial charge in [-0.1, -0.05) is 13.8 Å². The first-order chi connectivity index (χ1) is 9.91. The summed E-state index contributed by atoms with van der Waals surface area (Å²) < 4.78 is 10.5. The zero-order chi connectivity index (χ0) is 15.9. The van der Waals surface area contributed by atoms with Crippen LogP contribution in [0.4, 0.5) is 0 Å². The van der Waals surface area contributed by atoms with Crippen molar-refractivity contribution in [2.75, 3.05) is 40.0 Å². The van der Waals surface area contributed by atoms with Gasteiger partial charge in [0.15, 0.2) is 0 Å². The number of nitrogens with zero attached hydrogens (tertiary/aromatic N) is 1. The molecule has 1 rings (SSSR count). The van der Waals surface area contributed by atoms with Crippen LogP contribution in [-0.4, -0.2) is 62.4 Å². The Morgan fingerprint density at radius 3 is 2.57 bits per heavy atom. The van der Waals surface area contributed by atoms with Gasteiger partial charge in [0.2, 0.25) is 0 Å². The van der Waals surface area contributed by atoms with Crippen molar-refractivity contribution in [3.8, 4) is 0 Å². The molecule has 0 aromatic carbocycles. The Hall–Kier alpha value is -0.650. The van der Waals surface area contributed by atoms with Crippen LogP contribution in [0.3, 0.4) is 0 Å². The number of hydrogen-bond donors (Lipinski definition) is 1. The lowest BCUT2D eigenvalue weighted by Crippen LogP contribution is -2.59. The molecule has 0 heterocycles. The lowest BCUT2D eigenvalue weighted by Gasteiger charge is -2.35. The first kappa shape index (κ1) is 18.4. The molecule has 0 spiro atoms. The van der Waals surface area contributed by atoms with Crippen molar-refractivity contribution in [1.29, 1.82) is 0 Å². The highest BCUT2D eigenvalue weighted by Gasteiger charge is 2.41. The summed E-state index contributed by atoms with van der Waals surface area (Å²) in [6.07, 6.45) is 2.30. The minimum atomic E-state index is -0.639. The molecule has 1 aliphatic carbocycles. The molecule has 0 aromatic rings. The largest absolute Gasteiger partial charge is 0.465 e. The van der Waals surface area contributed by atoms with Gasteiger partial charge in [0, 0.05) is 32.8 Å². The summed E-state index contributed by atoms with van der Waals surface area (Å²) in [4.78, 5) is 14.7. The lowest BCUT2D eigenvalue weighted by molar-refractivity contribution is -0.151. The Labute approximate surface area is 129 Å². The van der Waals surface area contributed by atoms with Crippen molar-refractivity contribution in [2.24, 2.45) is 5.92 Å². The lowest BCUT2D eigenvalue weighted by atomic mass is 10.0. The smallest absolute Gasteiger partial charge is 0.327 e.